The number of benzene rings is 3. The second-order valence-electron chi connectivity index (χ2n) is 8.21. The molecule has 0 spiro atoms. The van der Waals surface area contributed by atoms with Crippen molar-refractivity contribution < 1.29 is 9.76 Å². The lowest BCUT2D eigenvalue weighted by molar-refractivity contribution is -0.0331. The quantitative estimate of drug-likeness (QED) is 0.518. The molecule has 2 fully saturated rings. The van der Waals surface area contributed by atoms with Gasteiger partial charge >= 0.3 is 7.05 Å². The highest BCUT2D eigenvalue weighted by molar-refractivity contribution is 6.45. The highest BCUT2D eigenvalue weighted by atomic mass is 16.5. The first-order chi connectivity index (χ1) is 14.6. The summed E-state index contributed by atoms with van der Waals surface area (Å²) in [6, 6.07) is 29.3. The number of fused-ring (bicyclic) bond motifs is 2. The van der Waals surface area contributed by atoms with Crippen molar-refractivity contribution in [2.24, 2.45) is 4.99 Å². The van der Waals surface area contributed by atoms with Crippen LogP contribution in [-0.4, -0.2) is 41.8 Å². The number of ether oxygens (including phenoxy) is 1. The first-order valence-corrected chi connectivity index (χ1v) is 10.5. The Kier molecular flexibility index (Phi) is 5.03. The molecule has 150 valence electrons. The van der Waals surface area contributed by atoms with Gasteiger partial charge in [0.2, 0.25) is 0 Å². The SMILES string of the molecule is CB(O)N1C[C@]2(c3ccc(N=C(c4ccccc4)c4ccccc4)cc3)CC1CO2. The third-order valence-electron chi connectivity index (χ3n) is 6.23. The van der Waals surface area contributed by atoms with E-state index in [0.29, 0.717) is 12.6 Å². The second kappa shape index (κ2) is 7.84. The molecule has 2 bridgehead atoms. The van der Waals surface area contributed by atoms with E-state index in [1.165, 1.54) is 0 Å². The van der Waals surface area contributed by atoms with Crippen molar-refractivity contribution in [1.29, 1.82) is 0 Å². The van der Waals surface area contributed by atoms with Gasteiger partial charge in [0, 0.05) is 23.7 Å². The molecule has 5 heteroatoms. The number of morpholine rings is 1. The van der Waals surface area contributed by atoms with Crippen LogP contribution in [-0.2, 0) is 10.3 Å². The maximum atomic E-state index is 10.0. The van der Waals surface area contributed by atoms with Crippen molar-refractivity contribution in [2.75, 3.05) is 13.2 Å². The molecule has 1 unspecified atom stereocenters. The van der Waals surface area contributed by atoms with Crippen molar-refractivity contribution >= 4 is 18.4 Å². The number of hydrogen-bond donors (Lipinski definition) is 1. The largest absolute Gasteiger partial charge is 0.437 e. The number of aliphatic imine (C=N–C) groups is 1. The molecule has 1 N–H and O–H groups in total. The topological polar surface area (TPSA) is 45.1 Å². The Balaban J connectivity index is 1.47. The van der Waals surface area contributed by atoms with Crippen LogP contribution >= 0.6 is 0 Å². The van der Waals surface area contributed by atoms with E-state index in [0.717, 1.165) is 41.1 Å². The lowest BCUT2D eigenvalue weighted by Crippen LogP contribution is -2.48. The van der Waals surface area contributed by atoms with Crippen LogP contribution in [0.5, 0.6) is 0 Å². The van der Waals surface area contributed by atoms with Crippen LogP contribution in [0.3, 0.4) is 0 Å². The Morgan fingerprint density at radius 3 is 2.10 bits per heavy atom. The molecule has 0 saturated carbocycles. The standard InChI is InChI=1S/C25H25BN2O2/c1-26(29)28-18-25(16-23(28)17-30-25)21-12-14-22(15-13-21)27-24(19-8-4-2-5-9-19)20-10-6-3-7-11-20/h2-15,23,29H,16-18H2,1H3/t23?,25-/m0/s1. The Morgan fingerprint density at radius 2 is 1.57 bits per heavy atom. The van der Waals surface area contributed by atoms with Crippen molar-refractivity contribution in [2.45, 2.75) is 24.9 Å². The van der Waals surface area contributed by atoms with Gasteiger partial charge in [0.15, 0.2) is 0 Å². The van der Waals surface area contributed by atoms with E-state index in [-0.39, 0.29) is 5.60 Å². The zero-order valence-corrected chi connectivity index (χ0v) is 17.1. The van der Waals surface area contributed by atoms with Crippen LogP contribution in [0.4, 0.5) is 5.69 Å². The maximum absolute atomic E-state index is 10.0. The molecule has 2 atom stereocenters. The molecule has 0 aromatic heterocycles. The molecule has 2 heterocycles. The molecule has 3 aromatic carbocycles. The van der Waals surface area contributed by atoms with Gasteiger partial charge in [0.1, 0.15) is 5.60 Å². The zero-order chi connectivity index (χ0) is 20.6. The van der Waals surface area contributed by atoms with E-state index < -0.39 is 7.05 Å². The minimum Gasteiger partial charge on any atom is -0.437 e. The summed E-state index contributed by atoms with van der Waals surface area (Å²) in [5, 5.41) is 10.0. The van der Waals surface area contributed by atoms with Gasteiger partial charge in [-0.2, -0.15) is 0 Å². The van der Waals surface area contributed by atoms with Crippen LogP contribution in [0, 0.1) is 0 Å². The Hall–Kier alpha value is -2.73. The van der Waals surface area contributed by atoms with Gasteiger partial charge in [-0.1, -0.05) is 72.8 Å². The third kappa shape index (κ3) is 3.50. The van der Waals surface area contributed by atoms with Gasteiger partial charge in [0.25, 0.3) is 0 Å². The van der Waals surface area contributed by atoms with E-state index >= 15 is 0 Å². The number of nitrogens with zero attached hydrogens (tertiary/aromatic N) is 2. The predicted molar refractivity (Wildman–Crippen MR) is 121 cm³/mol. The summed E-state index contributed by atoms with van der Waals surface area (Å²) in [6.07, 6.45) is 0.930. The fourth-order valence-corrected chi connectivity index (χ4v) is 4.69. The smallest absolute Gasteiger partial charge is 0.376 e. The molecule has 5 rings (SSSR count). The lowest BCUT2D eigenvalue weighted by Gasteiger charge is -2.33. The molecular weight excluding hydrogens is 371 g/mol. The van der Waals surface area contributed by atoms with E-state index in [1.54, 1.807) is 0 Å². The molecule has 4 nitrogen and oxygen atoms in total. The molecular formula is C25H25BN2O2. The van der Waals surface area contributed by atoms with E-state index in [9.17, 15) is 5.02 Å². The van der Waals surface area contributed by atoms with Crippen molar-refractivity contribution in [3.63, 3.8) is 0 Å². The fourth-order valence-electron chi connectivity index (χ4n) is 4.69. The first-order valence-electron chi connectivity index (χ1n) is 10.5. The van der Waals surface area contributed by atoms with Crippen LogP contribution in [0.15, 0.2) is 89.9 Å². The average molecular weight is 396 g/mol. The van der Waals surface area contributed by atoms with E-state index in [1.807, 2.05) is 43.2 Å². The Morgan fingerprint density at radius 1 is 0.967 bits per heavy atom. The minimum atomic E-state index is -0.441. The average Bonchev–Trinajstić information content (AvgIpc) is 3.39. The molecule has 0 amide bonds. The molecule has 0 radical (unpaired) electrons. The van der Waals surface area contributed by atoms with Gasteiger partial charge < -0.3 is 14.6 Å². The molecule has 2 saturated heterocycles. The highest BCUT2D eigenvalue weighted by Crippen LogP contribution is 2.45. The predicted octanol–water partition coefficient (Wildman–Crippen LogP) is 4.27. The van der Waals surface area contributed by atoms with Crippen molar-refractivity contribution in [3.05, 3.63) is 102 Å². The molecule has 2 aliphatic heterocycles. The summed E-state index contributed by atoms with van der Waals surface area (Å²) in [4.78, 5) is 7.13. The summed E-state index contributed by atoms with van der Waals surface area (Å²) < 4.78 is 6.18. The minimum absolute atomic E-state index is 0.297. The summed E-state index contributed by atoms with van der Waals surface area (Å²) in [7, 11) is -0.441. The third-order valence-corrected chi connectivity index (χ3v) is 6.23. The number of hydrogen-bond acceptors (Lipinski definition) is 4. The zero-order valence-electron chi connectivity index (χ0n) is 17.1. The van der Waals surface area contributed by atoms with Crippen LogP contribution in [0.25, 0.3) is 0 Å². The van der Waals surface area contributed by atoms with Gasteiger partial charge in [-0.25, -0.2) is 4.99 Å². The molecule has 30 heavy (non-hydrogen) atoms. The number of rotatable bonds is 5. The van der Waals surface area contributed by atoms with Gasteiger partial charge in [0.05, 0.1) is 18.0 Å². The molecule has 2 aliphatic rings. The van der Waals surface area contributed by atoms with Crippen LogP contribution in [0.1, 0.15) is 23.1 Å². The lowest BCUT2D eigenvalue weighted by atomic mass is 9.83. The fraction of sp³-hybridized carbons (Fsp3) is 0.240. The highest BCUT2D eigenvalue weighted by Gasteiger charge is 2.53. The van der Waals surface area contributed by atoms with Crippen LogP contribution < -0.4 is 0 Å². The van der Waals surface area contributed by atoms with Gasteiger partial charge in [-0.15, -0.1) is 0 Å². The van der Waals surface area contributed by atoms with Crippen molar-refractivity contribution in [1.82, 2.24) is 4.81 Å². The van der Waals surface area contributed by atoms with E-state index in [2.05, 4.69) is 53.3 Å². The summed E-state index contributed by atoms with van der Waals surface area (Å²) in [6.45, 7) is 3.25. The molecule has 3 aromatic rings. The summed E-state index contributed by atoms with van der Waals surface area (Å²) in [5.41, 5.74) is 4.91. The van der Waals surface area contributed by atoms with Gasteiger partial charge in [-0.05, 0) is 30.9 Å². The first kappa shape index (κ1) is 19.3. The Labute approximate surface area is 178 Å². The Bertz CT molecular complexity index is 996. The monoisotopic (exact) mass is 396 g/mol. The normalized spacial score (nSPS) is 22.8. The van der Waals surface area contributed by atoms with Gasteiger partial charge in [-0.3, -0.25) is 0 Å². The molecule has 0 aliphatic carbocycles. The summed E-state index contributed by atoms with van der Waals surface area (Å²) >= 11 is 0. The maximum Gasteiger partial charge on any atom is 0.376 e. The van der Waals surface area contributed by atoms with Crippen molar-refractivity contribution in [3.8, 4) is 0 Å². The second-order valence-corrected chi connectivity index (χ2v) is 8.21. The van der Waals surface area contributed by atoms with Crippen LogP contribution in [0.2, 0.25) is 6.82 Å². The summed E-state index contributed by atoms with van der Waals surface area (Å²) in [5.74, 6) is 0. The van der Waals surface area contributed by atoms with E-state index in [4.69, 9.17) is 9.73 Å².